The van der Waals surface area contributed by atoms with E-state index in [0.717, 1.165) is 36.9 Å². The van der Waals surface area contributed by atoms with Crippen LogP contribution < -0.4 is 5.32 Å². The Morgan fingerprint density at radius 2 is 1.54 bits per heavy atom. The summed E-state index contributed by atoms with van der Waals surface area (Å²) in [5.41, 5.74) is 4.62. The quantitative estimate of drug-likeness (QED) is 0.664. The van der Waals surface area contributed by atoms with Crippen LogP contribution in [-0.2, 0) is 14.3 Å². The summed E-state index contributed by atoms with van der Waals surface area (Å²) in [5.74, 6) is -0.926. The second kappa shape index (κ2) is 10.1. The summed E-state index contributed by atoms with van der Waals surface area (Å²) in [7, 11) is 0. The van der Waals surface area contributed by atoms with E-state index in [1.807, 2.05) is 24.3 Å². The monoisotopic (exact) mass is 477 g/mol. The molecule has 0 aromatic heterocycles. The summed E-state index contributed by atoms with van der Waals surface area (Å²) in [6.45, 7) is 2.04. The number of benzene rings is 2. The van der Waals surface area contributed by atoms with E-state index < -0.39 is 18.1 Å². The van der Waals surface area contributed by atoms with Crippen LogP contribution in [0.15, 0.2) is 48.5 Å². The van der Waals surface area contributed by atoms with E-state index in [4.69, 9.17) is 4.74 Å². The van der Waals surface area contributed by atoms with Crippen LogP contribution in [0.4, 0.5) is 4.79 Å². The van der Waals surface area contributed by atoms with Gasteiger partial charge in [0.1, 0.15) is 19.2 Å². The Morgan fingerprint density at radius 1 is 0.914 bits per heavy atom. The molecule has 1 atom stereocenters. The fourth-order valence-corrected chi connectivity index (χ4v) is 5.85. The van der Waals surface area contributed by atoms with Crippen molar-refractivity contribution in [3.8, 4) is 11.1 Å². The summed E-state index contributed by atoms with van der Waals surface area (Å²) >= 11 is 0. The van der Waals surface area contributed by atoms with Gasteiger partial charge < -0.3 is 20.1 Å². The van der Waals surface area contributed by atoms with Crippen LogP contribution in [0.1, 0.15) is 42.7 Å². The molecule has 35 heavy (non-hydrogen) atoms. The molecule has 0 radical (unpaired) electrons. The first-order valence-electron chi connectivity index (χ1n) is 12.4. The number of ether oxygens (including phenoxy) is 1. The van der Waals surface area contributed by atoms with Gasteiger partial charge in [-0.15, -0.1) is 0 Å². The van der Waals surface area contributed by atoms with Gasteiger partial charge in [-0.1, -0.05) is 48.5 Å². The third-order valence-corrected chi connectivity index (χ3v) is 7.59. The molecule has 184 valence electrons. The van der Waals surface area contributed by atoms with Crippen molar-refractivity contribution in [3.63, 3.8) is 0 Å². The van der Waals surface area contributed by atoms with E-state index in [9.17, 15) is 19.5 Å². The maximum absolute atomic E-state index is 12.6. The SMILES string of the molecule is O=C(NCC(=O)N1CCC(N2CCCC2C(=O)O)CC1)OCC1c2ccccc2-c2ccccc21. The van der Waals surface area contributed by atoms with Gasteiger partial charge in [0.15, 0.2) is 0 Å². The van der Waals surface area contributed by atoms with Gasteiger partial charge in [-0.25, -0.2) is 4.79 Å². The molecule has 8 nitrogen and oxygen atoms in total. The van der Waals surface area contributed by atoms with Crippen LogP contribution in [0.2, 0.25) is 0 Å². The zero-order valence-corrected chi connectivity index (χ0v) is 19.7. The van der Waals surface area contributed by atoms with Crippen molar-refractivity contribution < 1.29 is 24.2 Å². The van der Waals surface area contributed by atoms with Crippen LogP contribution in [0, 0.1) is 0 Å². The van der Waals surface area contributed by atoms with Crippen LogP contribution in [0.25, 0.3) is 11.1 Å². The second-order valence-electron chi connectivity index (χ2n) is 9.53. The molecule has 2 saturated heterocycles. The lowest BCUT2D eigenvalue weighted by atomic mass is 9.98. The number of amides is 2. The summed E-state index contributed by atoms with van der Waals surface area (Å²) in [6.07, 6.45) is 2.50. The van der Waals surface area contributed by atoms with Gasteiger partial charge >= 0.3 is 12.1 Å². The average molecular weight is 478 g/mol. The third-order valence-electron chi connectivity index (χ3n) is 7.59. The first-order chi connectivity index (χ1) is 17.0. The fourth-order valence-electron chi connectivity index (χ4n) is 5.85. The summed E-state index contributed by atoms with van der Waals surface area (Å²) in [4.78, 5) is 40.3. The van der Waals surface area contributed by atoms with Gasteiger partial charge in [0.25, 0.3) is 0 Å². The Bertz CT molecular complexity index is 1070. The predicted octanol–water partition coefficient (Wildman–Crippen LogP) is 3.07. The molecule has 1 aliphatic carbocycles. The zero-order chi connectivity index (χ0) is 24.4. The Labute approximate surface area is 204 Å². The molecule has 3 aliphatic rings. The van der Waals surface area contributed by atoms with Gasteiger partial charge in [0.05, 0.1) is 0 Å². The number of fused-ring (bicyclic) bond motifs is 3. The highest BCUT2D eigenvalue weighted by atomic mass is 16.5. The van der Waals surface area contributed by atoms with Crippen molar-refractivity contribution >= 4 is 18.0 Å². The molecule has 2 fully saturated rings. The molecule has 2 aromatic rings. The van der Waals surface area contributed by atoms with Gasteiger partial charge in [-0.05, 0) is 54.5 Å². The highest BCUT2D eigenvalue weighted by Gasteiger charge is 2.37. The Morgan fingerprint density at radius 3 is 2.17 bits per heavy atom. The van der Waals surface area contributed by atoms with E-state index in [1.165, 1.54) is 11.1 Å². The van der Waals surface area contributed by atoms with Crippen molar-refractivity contribution in [1.29, 1.82) is 0 Å². The number of likely N-dealkylation sites (tertiary alicyclic amines) is 2. The number of alkyl carbamates (subject to hydrolysis) is 1. The average Bonchev–Trinajstić information content (AvgIpc) is 3.50. The molecule has 2 heterocycles. The molecule has 2 aliphatic heterocycles. The predicted molar refractivity (Wildman–Crippen MR) is 130 cm³/mol. The van der Waals surface area contributed by atoms with Gasteiger partial charge in [-0.3, -0.25) is 14.5 Å². The molecule has 2 aromatic carbocycles. The topological polar surface area (TPSA) is 99.2 Å². The van der Waals surface area contributed by atoms with Crippen LogP contribution >= 0.6 is 0 Å². The first-order valence-corrected chi connectivity index (χ1v) is 12.4. The number of hydrogen-bond acceptors (Lipinski definition) is 5. The Kier molecular flexibility index (Phi) is 6.72. The molecular formula is C27H31N3O5. The number of carbonyl (C=O) groups excluding carboxylic acids is 2. The second-order valence-corrected chi connectivity index (χ2v) is 9.53. The summed E-state index contributed by atoms with van der Waals surface area (Å²) < 4.78 is 5.51. The standard InChI is InChI=1S/C27H31N3O5/c31-25(29-14-11-18(12-15-29)30-13-5-10-24(30)26(32)33)16-28-27(34)35-17-23-21-8-3-1-6-19(21)20-7-2-4-9-22(20)23/h1-4,6-9,18,23-24H,5,10-17H2,(H,28,34)(H,32,33). The molecule has 0 bridgehead atoms. The Balaban J connectivity index is 1.08. The van der Waals surface area contributed by atoms with Crippen molar-refractivity contribution in [1.82, 2.24) is 15.1 Å². The van der Waals surface area contributed by atoms with Gasteiger partial charge in [0.2, 0.25) is 5.91 Å². The lowest BCUT2D eigenvalue weighted by molar-refractivity contribution is -0.144. The maximum Gasteiger partial charge on any atom is 0.407 e. The molecule has 1 unspecified atom stereocenters. The molecule has 0 saturated carbocycles. The highest BCUT2D eigenvalue weighted by Crippen LogP contribution is 2.44. The van der Waals surface area contributed by atoms with E-state index in [2.05, 4.69) is 34.5 Å². The zero-order valence-electron chi connectivity index (χ0n) is 19.7. The lowest BCUT2D eigenvalue weighted by Crippen LogP contribution is -2.51. The highest BCUT2D eigenvalue weighted by molar-refractivity contribution is 5.82. The smallest absolute Gasteiger partial charge is 0.407 e. The van der Waals surface area contributed by atoms with E-state index >= 15 is 0 Å². The number of nitrogens with one attached hydrogen (secondary N) is 1. The number of carboxylic acid groups (broad SMARTS) is 1. The minimum atomic E-state index is -0.756. The van der Waals surface area contributed by atoms with E-state index in [0.29, 0.717) is 19.5 Å². The lowest BCUT2D eigenvalue weighted by Gasteiger charge is -2.38. The van der Waals surface area contributed by atoms with E-state index in [1.54, 1.807) is 4.90 Å². The molecule has 5 rings (SSSR count). The normalized spacial score (nSPS) is 20.3. The molecule has 2 amide bonds. The number of hydrogen-bond donors (Lipinski definition) is 2. The fraction of sp³-hybridized carbons (Fsp3) is 0.444. The number of carbonyl (C=O) groups is 3. The number of nitrogens with zero attached hydrogens (tertiary/aromatic N) is 2. The minimum absolute atomic E-state index is 0.0249. The number of carboxylic acids is 1. The van der Waals surface area contributed by atoms with Crippen molar-refractivity contribution in [2.45, 2.75) is 43.7 Å². The minimum Gasteiger partial charge on any atom is -0.480 e. The molecule has 0 spiro atoms. The number of rotatable bonds is 6. The largest absolute Gasteiger partial charge is 0.480 e. The number of aliphatic carboxylic acids is 1. The third kappa shape index (κ3) is 4.75. The van der Waals surface area contributed by atoms with Crippen LogP contribution in [0.5, 0.6) is 0 Å². The molecular weight excluding hydrogens is 446 g/mol. The van der Waals surface area contributed by atoms with Crippen molar-refractivity contribution in [2.24, 2.45) is 0 Å². The summed E-state index contributed by atoms with van der Waals surface area (Å²) in [5, 5.41) is 12.0. The first kappa shape index (κ1) is 23.4. The number of piperidine rings is 1. The van der Waals surface area contributed by atoms with Gasteiger partial charge in [0, 0.05) is 25.0 Å². The molecule has 8 heteroatoms. The molecule has 2 N–H and O–H groups in total. The van der Waals surface area contributed by atoms with Crippen molar-refractivity contribution in [3.05, 3.63) is 59.7 Å². The van der Waals surface area contributed by atoms with Gasteiger partial charge in [-0.2, -0.15) is 0 Å². The van der Waals surface area contributed by atoms with E-state index in [-0.39, 0.29) is 31.0 Å². The van der Waals surface area contributed by atoms with Crippen molar-refractivity contribution in [2.75, 3.05) is 32.8 Å². The maximum atomic E-state index is 12.6. The van der Waals surface area contributed by atoms with Crippen LogP contribution in [-0.4, -0.2) is 77.7 Å². The van der Waals surface area contributed by atoms with Crippen LogP contribution in [0.3, 0.4) is 0 Å². The summed E-state index contributed by atoms with van der Waals surface area (Å²) in [6, 6.07) is 16.1. The Hall–Kier alpha value is -3.39.